The molecule has 3 rings (SSSR count). The minimum absolute atomic E-state index is 0. The van der Waals surface area contributed by atoms with E-state index in [4.69, 9.17) is 4.74 Å². The molecule has 0 radical (unpaired) electrons. The summed E-state index contributed by atoms with van der Waals surface area (Å²) in [4.78, 5) is 4.30. The fourth-order valence-corrected chi connectivity index (χ4v) is 3.06. The maximum atomic E-state index is 10.9. The van der Waals surface area contributed by atoms with E-state index >= 15 is 0 Å². The summed E-state index contributed by atoms with van der Waals surface area (Å²) in [5.41, 5.74) is 3.95. The van der Waals surface area contributed by atoms with Gasteiger partial charge in [0, 0.05) is 16.6 Å². The van der Waals surface area contributed by atoms with Crippen LogP contribution in [0.25, 0.3) is 10.9 Å². The number of aromatic nitrogens is 1. The zero-order valence-electron chi connectivity index (χ0n) is 14.3. The number of rotatable bonds is 4. The number of para-hydroxylation sites is 1. The van der Waals surface area contributed by atoms with Crippen LogP contribution in [0.3, 0.4) is 0 Å². The van der Waals surface area contributed by atoms with Crippen LogP contribution in [0.4, 0.5) is 0 Å². The van der Waals surface area contributed by atoms with Crippen molar-refractivity contribution in [2.45, 2.75) is 25.3 Å². The quantitative estimate of drug-likeness (QED) is 0.492. The molecule has 7 heteroatoms. The van der Waals surface area contributed by atoms with Crippen LogP contribution in [-0.2, 0) is 16.7 Å². The first-order chi connectivity index (χ1) is 11.3. The Hall–Kier alpha value is -1.44. The molecule has 0 N–H and O–H groups in total. The maximum absolute atomic E-state index is 10.9. The Kier molecular flexibility index (Phi) is 6.24. The average Bonchev–Trinajstić information content (AvgIpc) is 2.53. The maximum Gasteiger partial charge on any atom is 1.00 e. The monoisotopic (exact) mass is 365 g/mol. The van der Waals surface area contributed by atoms with Gasteiger partial charge in [0.25, 0.3) is 0 Å². The van der Waals surface area contributed by atoms with Gasteiger partial charge in [-0.15, -0.1) is 0 Å². The summed E-state index contributed by atoms with van der Waals surface area (Å²) in [5.74, 6) is 0.498. The molecule has 0 amide bonds. The molecule has 0 aliphatic rings. The third kappa shape index (κ3) is 4.59. The number of aryl methyl sites for hydroxylation is 2. The fraction of sp³-hybridized carbons (Fsp3) is 0.167. The Bertz CT molecular complexity index is 1000. The molecule has 3 aromatic rings. The van der Waals surface area contributed by atoms with Crippen molar-refractivity contribution in [1.29, 1.82) is 0 Å². The Morgan fingerprint density at radius 3 is 2.40 bits per heavy atom. The summed E-state index contributed by atoms with van der Waals surface area (Å²) in [5, 5.41) is 1.03. The molecule has 0 spiro atoms. The van der Waals surface area contributed by atoms with Crippen molar-refractivity contribution in [3.8, 4) is 5.75 Å². The van der Waals surface area contributed by atoms with Gasteiger partial charge in [-0.3, -0.25) is 4.98 Å². The molecule has 5 nitrogen and oxygen atoms in total. The van der Waals surface area contributed by atoms with E-state index in [2.05, 4.69) is 4.98 Å². The second-order valence-electron chi connectivity index (χ2n) is 5.61. The largest absolute Gasteiger partial charge is 1.00 e. The number of hydrogen-bond acceptors (Lipinski definition) is 5. The number of nitrogens with zero attached hydrogens (tertiary/aromatic N) is 1. The van der Waals surface area contributed by atoms with Gasteiger partial charge in [-0.2, -0.15) is 0 Å². The molecule has 0 unspecified atom stereocenters. The van der Waals surface area contributed by atoms with Crippen LogP contribution >= 0.6 is 0 Å². The molecule has 2 aromatic carbocycles. The van der Waals surface area contributed by atoms with Gasteiger partial charge in [-0.1, -0.05) is 18.2 Å². The normalized spacial score (nSPS) is 11.2. The smallest absolute Gasteiger partial charge is 0.744 e. The number of hydrogen-bond donors (Lipinski definition) is 0. The molecular formula is C18H16NNaO4S. The van der Waals surface area contributed by atoms with Crippen molar-refractivity contribution in [3.05, 3.63) is 65.4 Å². The average molecular weight is 365 g/mol. The van der Waals surface area contributed by atoms with Gasteiger partial charge in [0.15, 0.2) is 0 Å². The molecule has 0 atom stereocenters. The summed E-state index contributed by atoms with van der Waals surface area (Å²) < 4.78 is 38.5. The van der Waals surface area contributed by atoms with E-state index in [0.29, 0.717) is 12.4 Å². The predicted octanol–water partition coefficient (Wildman–Crippen LogP) is 0.339. The van der Waals surface area contributed by atoms with Crippen LogP contribution in [0.1, 0.15) is 16.8 Å². The number of pyridine rings is 1. The van der Waals surface area contributed by atoms with Gasteiger partial charge in [-0.25, -0.2) is 8.42 Å². The van der Waals surface area contributed by atoms with Gasteiger partial charge >= 0.3 is 29.6 Å². The SMILES string of the molecule is Cc1cc(COc2ccc(S(=O)(=O)[O-])cc2)c2cccc(C)c2n1.[Na+]. The molecule has 0 saturated carbocycles. The first-order valence-corrected chi connectivity index (χ1v) is 8.80. The molecule has 0 aliphatic heterocycles. The van der Waals surface area contributed by atoms with Crippen LogP contribution < -0.4 is 34.3 Å². The first kappa shape index (κ1) is 19.9. The van der Waals surface area contributed by atoms with Crippen molar-refractivity contribution in [3.63, 3.8) is 0 Å². The van der Waals surface area contributed by atoms with Gasteiger partial charge in [0.1, 0.15) is 22.5 Å². The first-order valence-electron chi connectivity index (χ1n) is 7.39. The molecule has 0 bridgehead atoms. The molecule has 0 aliphatic carbocycles. The Labute approximate surface area is 169 Å². The van der Waals surface area contributed by atoms with Crippen molar-refractivity contribution >= 4 is 21.0 Å². The zero-order chi connectivity index (χ0) is 17.3. The van der Waals surface area contributed by atoms with Crippen molar-refractivity contribution < 1.29 is 47.3 Å². The second kappa shape index (κ2) is 7.85. The van der Waals surface area contributed by atoms with Crippen molar-refractivity contribution in [2.24, 2.45) is 0 Å². The fourth-order valence-electron chi connectivity index (χ4n) is 2.59. The Balaban J connectivity index is 0.00000225. The predicted molar refractivity (Wildman–Crippen MR) is 90.0 cm³/mol. The van der Waals surface area contributed by atoms with Crippen LogP contribution in [0, 0.1) is 13.8 Å². The van der Waals surface area contributed by atoms with Gasteiger partial charge in [-0.05, 0) is 49.7 Å². The Morgan fingerprint density at radius 2 is 1.76 bits per heavy atom. The van der Waals surface area contributed by atoms with E-state index in [-0.39, 0.29) is 34.5 Å². The molecule has 124 valence electrons. The van der Waals surface area contributed by atoms with E-state index in [1.54, 1.807) is 0 Å². The van der Waals surface area contributed by atoms with Crippen LogP contribution in [0.5, 0.6) is 5.75 Å². The van der Waals surface area contributed by atoms with E-state index in [0.717, 1.165) is 27.7 Å². The van der Waals surface area contributed by atoms with Gasteiger partial charge in [0.05, 0.1) is 10.4 Å². The van der Waals surface area contributed by atoms with Crippen LogP contribution in [0.2, 0.25) is 0 Å². The minimum Gasteiger partial charge on any atom is -0.744 e. The van der Waals surface area contributed by atoms with E-state index < -0.39 is 10.1 Å². The summed E-state index contributed by atoms with van der Waals surface area (Å²) in [6.07, 6.45) is 0. The third-order valence-corrected chi connectivity index (χ3v) is 4.61. The molecule has 1 aromatic heterocycles. The molecule has 25 heavy (non-hydrogen) atoms. The second-order valence-corrected chi connectivity index (χ2v) is 6.99. The Morgan fingerprint density at radius 1 is 1.08 bits per heavy atom. The van der Waals surface area contributed by atoms with E-state index in [1.165, 1.54) is 24.3 Å². The molecule has 0 saturated heterocycles. The number of benzene rings is 2. The minimum atomic E-state index is -4.44. The van der Waals surface area contributed by atoms with E-state index in [9.17, 15) is 13.0 Å². The zero-order valence-corrected chi connectivity index (χ0v) is 17.1. The topological polar surface area (TPSA) is 79.3 Å². The summed E-state index contributed by atoms with van der Waals surface area (Å²) in [6.45, 7) is 4.28. The number of fused-ring (bicyclic) bond motifs is 1. The third-order valence-electron chi connectivity index (χ3n) is 3.76. The van der Waals surface area contributed by atoms with Crippen molar-refractivity contribution in [2.75, 3.05) is 0 Å². The van der Waals surface area contributed by atoms with Crippen molar-refractivity contribution in [1.82, 2.24) is 4.98 Å². The molecule has 1 heterocycles. The van der Waals surface area contributed by atoms with Gasteiger partial charge < -0.3 is 9.29 Å². The van der Waals surface area contributed by atoms with Gasteiger partial charge in [0.2, 0.25) is 0 Å². The summed E-state index contributed by atoms with van der Waals surface area (Å²) in [7, 11) is -4.44. The summed E-state index contributed by atoms with van der Waals surface area (Å²) >= 11 is 0. The molecular weight excluding hydrogens is 349 g/mol. The summed E-state index contributed by atoms with van der Waals surface area (Å²) in [6, 6.07) is 13.4. The standard InChI is InChI=1S/C18H17NO4S.Na/c1-12-4-3-5-17-14(10-13(2)19-18(12)17)11-23-15-6-8-16(9-7-15)24(20,21)22;/h3-10H,11H2,1-2H3,(H,20,21,22);/q;+1/p-1. The van der Waals surface area contributed by atoms with Crippen LogP contribution in [0.15, 0.2) is 53.4 Å². The van der Waals surface area contributed by atoms with Crippen LogP contribution in [-0.4, -0.2) is 18.0 Å². The molecule has 0 fully saturated rings. The number of ether oxygens (including phenoxy) is 1. The van der Waals surface area contributed by atoms with E-state index in [1.807, 2.05) is 38.1 Å².